The van der Waals surface area contributed by atoms with Gasteiger partial charge in [-0.1, -0.05) is 13.8 Å². The van der Waals surface area contributed by atoms with Crippen molar-refractivity contribution in [1.29, 1.82) is 0 Å². The smallest absolute Gasteiger partial charge is 0.150 e. The van der Waals surface area contributed by atoms with Gasteiger partial charge in [0.25, 0.3) is 0 Å². The van der Waals surface area contributed by atoms with Crippen LogP contribution in [-0.4, -0.2) is 48.4 Å². The Hall–Kier alpha value is -1.20. The molecular formula is C13H22N4O. The van der Waals surface area contributed by atoms with Gasteiger partial charge < -0.3 is 15.0 Å². The monoisotopic (exact) mass is 250 g/mol. The summed E-state index contributed by atoms with van der Waals surface area (Å²) < 4.78 is 5.58. The Labute approximate surface area is 109 Å². The first kappa shape index (κ1) is 13.2. The molecule has 0 amide bonds. The van der Waals surface area contributed by atoms with E-state index in [2.05, 4.69) is 34.0 Å². The van der Waals surface area contributed by atoms with E-state index in [1.165, 1.54) is 0 Å². The number of anilines is 1. The van der Waals surface area contributed by atoms with E-state index in [1.54, 1.807) is 12.4 Å². The summed E-state index contributed by atoms with van der Waals surface area (Å²) in [5.74, 6) is 0.983. The number of aromatic nitrogens is 2. The molecule has 1 saturated heterocycles. The molecule has 0 bridgehead atoms. The van der Waals surface area contributed by atoms with Crippen molar-refractivity contribution in [2.24, 2.45) is 0 Å². The molecule has 0 spiro atoms. The third-order valence-corrected chi connectivity index (χ3v) is 3.12. The Kier molecular flexibility index (Phi) is 4.49. The molecule has 0 aromatic carbocycles. The van der Waals surface area contributed by atoms with Crippen molar-refractivity contribution in [2.45, 2.75) is 32.9 Å². The molecule has 2 heterocycles. The van der Waals surface area contributed by atoms with E-state index in [4.69, 9.17) is 4.74 Å². The average Bonchev–Trinajstić information content (AvgIpc) is 2.37. The summed E-state index contributed by atoms with van der Waals surface area (Å²) in [6.07, 6.45) is 3.49. The van der Waals surface area contributed by atoms with Crippen LogP contribution in [0, 0.1) is 6.92 Å². The highest BCUT2D eigenvalue weighted by Crippen LogP contribution is 2.19. The van der Waals surface area contributed by atoms with E-state index >= 15 is 0 Å². The first-order valence-corrected chi connectivity index (χ1v) is 6.54. The number of nitrogens with zero attached hydrogens (tertiary/aromatic N) is 3. The molecular weight excluding hydrogens is 228 g/mol. The SMILES string of the molecule is Cc1nccnc1N1CCOCC1CNC(C)C. The number of ether oxygens (including phenoxy) is 1. The zero-order chi connectivity index (χ0) is 13.0. The molecule has 1 aliphatic heterocycles. The quantitative estimate of drug-likeness (QED) is 0.863. The topological polar surface area (TPSA) is 50.3 Å². The van der Waals surface area contributed by atoms with Gasteiger partial charge in [-0.05, 0) is 6.92 Å². The van der Waals surface area contributed by atoms with Crippen LogP contribution in [0.3, 0.4) is 0 Å². The van der Waals surface area contributed by atoms with Crippen molar-refractivity contribution in [1.82, 2.24) is 15.3 Å². The molecule has 0 aliphatic carbocycles. The summed E-state index contributed by atoms with van der Waals surface area (Å²) in [6.45, 7) is 9.61. The zero-order valence-electron chi connectivity index (χ0n) is 11.4. The number of aryl methyl sites for hydroxylation is 1. The zero-order valence-corrected chi connectivity index (χ0v) is 11.4. The maximum Gasteiger partial charge on any atom is 0.150 e. The maximum absolute atomic E-state index is 5.58. The molecule has 2 rings (SSSR count). The van der Waals surface area contributed by atoms with Gasteiger partial charge in [-0.2, -0.15) is 0 Å². The average molecular weight is 250 g/mol. The van der Waals surface area contributed by atoms with Crippen molar-refractivity contribution < 1.29 is 4.74 Å². The predicted octanol–water partition coefficient (Wildman–Crippen LogP) is 0.988. The van der Waals surface area contributed by atoms with Crippen LogP contribution in [0.15, 0.2) is 12.4 Å². The Morgan fingerprint density at radius 3 is 2.94 bits per heavy atom. The highest BCUT2D eigenvalue weighted by atomic mass is 16.5. The third kappa shape index (κ3) is 3.17. The van der Waals surface area contributed by atoms with Gasteiger partial charge in [0.2, 0.25) is 0 Å². The largest absolute Gasteiger partial charge is 0.377 e. The van der Waals surface area contributed by atoms with E-state index < -0.39 is 0 Å². The number of hydrogen-bond donors (Lipinski definition) is 1. The van der Waals surface area contributed by atoms with E-state index in [1.807, 2.05) is 6.92 Å². The fourth-order valence-electron chi connectivity index (χ4n) is 2.16. The molecule has 1 N–H and O–H groups in total. The van der Waals surface area contributed by atoms with Crippen LogP contribution in [0.25, 0.3) is 0 Å². The second-order valence-electron chi connectivity index (χ2n) is 4.95. The number of morpholine rings is 1. The van der Waals surface area contributed by atoms with Crippen molar-refractivity contribution in [3.63, 3.8) is 0 Å². The minimum atomic E-state index is 0.330. The fraction of sp³-hybridized carbons (Fsp3) is 0.692. The molecule has 1 aliphatic rings. The number of nitrogens with one attached hydrogen (secondary N) is 1. The molecule has 18 heavy (non-hydrogen) atoms. The van der Waals surface area contributed by atoms with Gasteiger partial charge in [0, 0.05) is 31.5 Å². The van der Waals surface area contributed by atoms with Crippen LogP contribution in [-0.2, 0) is 4.74 Å². The predicted molar refractivity (Wildman–Crippen MR) is 71.9 cm³/mol. The van der Waals surface area contributed by atoms with E-state index in [0.29, 0.717) is 12.1 Å². The van der Waals surface area contributed by atoms with Gasteiger partial charge >= 0.3 is 0 Å². The molecule has 5 nitrogen and oxygen atoms in total. The van der Waals surface area contributed by atoms with E-state index in [-0.39, 0.29) is 0 Å². The molecule has 1 atom stereocenters. The first-order valence-electron chi connectivity index (χ1n) is 6.54. The van der Waals surface area contributed by atoms with Crippen molar-refractivity contribution >= 4 is 5.82 Å². The Morgan fingerprint density at radius 1 is 1.44 bits per heavy atom. The molecule has 5 heteroatoms. The van der Waals surface area contributed by atoms with Gasteiger partial charge in [0.1, 0.15) is 5.82 Å². The lowest BCUT2D eigenvalue weighted by Crippen LogP contribution is -2.52. The minimum absolute atomic E-state index is 0.330. The highest BCUT2D eigenvalue weighted by Gasteiger charge is 2.25. The lowest BCUT2D eigenvalue weighted by Gasteiger charge is -2.37. The van der Waals surface area contributed by atoms with Crippen LogP contribution in [0.5, 0.6) is 0 Å². The van der Waals surface area contributed by atoms with Crippen LogP contribution in [0.4, 0.5) is 5.82 Å². The van der Waals surface area contributed by atoms with E-state index in [0.717, 1.165) is 37.8 Å². The van der Waals surface area contributed by atoms with Crippen LogP contribution in [0.1, 0.15) is 19.5 Å². The second kappa shape index (κ2) is 6.11. The summed E-state index contributed by atoms with van der Waals surface area (Å²) in [7, 11) is 0. The van der Waals surface area contributed by atoms with Crippen molar-refractivity contribution in [3.8, 4) is 0 Å². The second-order valence-corrected chi connectivity index (χ2v) is 4.95. The molecule has 1 aromatic rings. The summed E-state index contributed by atoms with van der Waals surface area (Å²) >= 11 is 0. The Bertz CT molecular complexity index is 383. The standard InChI is InChI=1S/C13H22N4O/c1-10(2)16-8-12-9-18-7-6-17(12)13-11(3)14-4-5-15-13/h4-5,10,12,16H,6-9H2,1-3H3. The minimum Gasteiger partial charge on any atom is -0.377 e. The first-order chi connectivity index (χ1) is 8.68. The van der Waals surface area contributed by atoms with Gasteiger partial charge in [0.15, 0.2) is 0 Å². The Balaban J connectivity index is 2.10. The molecule has 1 unspecified atom stereocenters. The lowest BCUT2D eigenvalue weighted by molar-refractivity contribution is 0.0926. The third-order valence-electron chi connectivity index (χ3n) is 3.12. The van der Waals surface area contributed by atoms with Gasteiger partial charge in [-0.3, -0.25) is 4.98 Å². The summed E-state index contributed by atoms with van der Waals surface area (Å²) in [5, 5.41) is 3.46. The molecule has 100 valence electrons. The molecule has 0 radical (unpaired) electrons. The van der Waals surface area contributed by atoms with Crippen molar-refractivity contribution in [3.05, 3.63) is 18.1 Å². The molecule has 1 aromatic heterocycles. The van der Waals surface area contributed by atoms with Gasteiger partial charge in [-0.15, -0.1) is 0 Å². The van der Waals surface area contributed by atoms with Crippen LogP contribution >= 0.6 is 0 Å². The Morgan fingerprint density at radius 2 is 2.22 bits per heavy atom. The van der Waals surface area contributed by atoms with Crippen molar-refractivity contribution in [2.75, 3.05) is 31.2 Å². The summed E-state index contributed by atoms with van der Waals surface area (Å²) in [4.78, 5) is 11.1. The number of hydrogen-bond acceptors (Lipinski definition) is 5. The highest BCUT2D eigenvalue weighted by molar-refractivity contribution is 5.44. The van der Waals surface area contributed by atoms with E-state index in [9.17, 15) is 0 Å². The van der Waals surface area contributed by atoms with Gasteiger partial charge in [-0.25, -0.2) is 4.98 Å². The van der Waals surface area contributed by atoms with Crippen LogP contribution in [0.2, 0.25) is 0 Å². The fourth-order valence-corrected chi connectivity index (χ4v) is 2.16. The summed E-state index contributed by atoms with van der Waals surface area (Å²) in [6, 6.07) is 0.813. The lowest BCUT2D eigenvalue weighted by atomic mass is 10.2. The number of rotatable bonds is 4. The maximum atomic E-state index is 5.58. The summed E-state index contributed by atoms with van der Waals surface area (Å²) in [5.41, 5.74) is 0.981. The van der Waals surface area contributed by atoms with Crippen LogP contribution < -0.4 is 10.2 Å². The molecule has 0 saturated carbocycles. The normalized spacial score (nSPS) is 20.4. The van der Waals surface area contributed by atoms with Gasteiger partial charge in [0.05, 0.1) is 24.9 Å². The molecule has 1 fully saturated rings.